The largest absolute Gasteiger partial charge is 0.353 e. The number of rotatable bonds is 4. The van der Waals surface area contributed by atoms with Gasteiger partial charge in [-0.05, 0) is 37.1 Å². The molecule has 4 rings (SSSR count). The number of amides is 1. The fourth-order valence-corrected chi connectivity index (χ4v) is 4.89. The van der Waals surface area contributed by atoms with Crippen LogP contribution in [0.2, 0.25) is 0 Å². The number of para-hydroxylation sites is 1. The highest BCUT2D eigenvalue weighted by molar-refractivity contribution is 7.18. The van der Waals surface area contributed by atoms with Crippen molar-refractivity contribution in [2.24, 2.45) is 7.05 Å². The minimum atomic E-state index is 0.209. The van der Waals surface area contributed by atoms with Gasteiger partial charge in [0.15, 0.2) is 0 Å². The maximum absolute atomic E-state index is 13.0. The standard InChI is InChI=1S/C21H25N3OS/c1-23-14-7-10-17(23)18-9-3-2-6-15-24(18)21(25)13-12-20-22-16-8-4-5-11-19(16)26-20/h4-5,7-8,10-11,14,18H,2-3,6,9,12-13,15H2,1H3. The Hall–Kier alpha value is -2.14. The highest BCUT2D eigenvalue weighted by atomic mass is 32.1. The zero-order valence-electron chi connectivity index (χ0n) is 15.2. The first-order chi connectivity index (χ1) is 12.7. The van der Waals surface area contributed by atoms with Crippen molar-refractivity contribution in [3.05, 3.63) is 53.3 Å². The zero-order chi connectivity index (χ0) is 17.9. The number of hydrogen-bond acceptors (Lipinski definition) is 3. The van der Waals surface area contributed by atoms with E-state index in [-0.39, 0.29) is 11.9 Å². The van der Waals surface area contributed by atoms with Gasteiger partial charge in [0.25, 0.3) is 0 Å². The smallest absolute Gasteiger partial charge is 0.223 e. The van der Waals surface area contributed by atoms with E-state index in [1.54, 1.807) is 11.3 Å². The molecule has 0 aliphatic carbocycles. The van der Waals surface area contributed by atoms with Crippen LogP contribution >= 0.6 is 11.3 Å². The molecule has 3 heterocycles. The minimum absolute atomic E-state index is 0.209. The second-order valence-electron chi connectivity index (χ2n) is 7.07. The highest BCUT2D eigenvalue weighted by Gasteiger charge is 2.28. The van der Waals surface area contributed by atoms with Crippen molar-refractivity contribution in [3.8, 4) is 0 Å². The number of carbonyl (C=O) groups excluding carboxylic acids is 1. The summed E-state index contributed by atoms with van der Waals surface area (Å²) < 4.78 is 3.36. The van der Waals surface area contributed by atoms with Crippen LogP contribution < -0.4 is 0 Å². The average molecular weight is 368 g/mol. The van der Waals surface area contributed by atoms with Crippen molar-refractivity contribution in [2.75, 3.05) is 6.54 Å². The van der Waals surface area contributed by atoms with E-state index in [1.165, 1.54) is 23.2 Å². The number of aromatic nitrogens is 2. The van der Waals surface area contributed by atoms with E-state index in [4.69, 9.17) is 0 Å². The molecule has 1 aliphatic rings. The summed E-state index contributed by atoms with van der Waals surface area (Å²) in [6, 6.07) is 12.6. The lowest BCUT2D eigenvalue weighted by atomic mass is 10.1. The Bertz CT molecular complexity index is 864. The van der Waals surface area contributed by atoms with Crippen molar-refractivity contribution in [1.29, 1.82) is 0 Å². The quantitative estimate of drug-likeness (QED) is 0.670. The Morgan fingerprint density at radius 2 is 2.08 bits per heavy atom. The molecule has 4 nitrogen and oxygen atoms in total. The van der Waals surface area contributed by atoms with E-state index in [1.807, 2.05) is 18.2 Å². The number of benzene rings is 1. The second kappa shape index (κ2) is 7.62. The molecule has 0 saturated carbocycles. The molecule has 1 saturated heterocycles. The number of thiazole rings is 1. The molecule has 3 aromatic rings. The molecule has 2 aromatic heterocycles. The van der Waals surface area contributed by atoms with Crippen molar-refractivity contribution in [3.63, 3.8) is 0 Å². The van der Waals surface area contributed by atoms with E-state index in [2.05, 4.69) is 45.9 Å². The van der Waals surface area contributed by atoms with Gasteiger partial charge in [0.1, 0.15) is 0 Å². The lowest BCUT2D eigenvalue weighted by molar-refractivity contribution is -0.133. The number of nitrogens with zero attached hydrogens (tertiary/aromatic N) is 3. The Morgan fingerprint density at radius 1 is 1.19 bits per heavy atom. The molecule has 0 bridgehead atoms. The van der Waals surface area contributed by atoms with Crippen LogP contribution in [0.1, 0.15) is 48.8 Å². The summed E-state index contributed by atoms with van der Waals surface area (Å²) in [4.78, 5) is 19.8. The summed E-state index contributed by atoms with van der Waals surface area (Å²) in [5.74, 6) is 0.261. The van der Waals surface area contributed by atoms with Crippen molar-refractivity contribution >= 4 is 27.5 Å². The molecule has 0 spiro atoms. The van der Waals surface area contributed by atoms with Gasteiger partial charge in [0.05, 0.1) is 21.3 Å². The van der Waals surface area contributed by atoms with Crippen molar-refractivity contribution < 1.29 is 4.79 Å². The summed E-state index contributed by atoms with van der Waals surface area (Å²) in [6.07, 6.45) is 7.91. The number of aryl methyl sites for hydroxylation is 2. The molecule has 1 atom stereocenters. The number of hydrogen-bond donors (Lipinski definition) is 0. The summed E-state index contributed by atoms with van der Waals surface area (Å²) in [5, 5.41) is 1.06. The van der Waals surface area contributed by atoms with E-state index >= 15 is 0 Å². The van der Waals surface area contributed by atoms with Gasteiger partial charge in [-0.2, -0.15) is 0 Å². The van der Waals surface area contributed by atoms with Gasteiger partial charge in [-0.15, -0.1) is 11.3 Å². The Morgan fingerprint density at radius 3 is 2.88 bits per heavy atom. The monoisotopic (exact) mass is 367 g/mol. The van der Waals surface area contributed by atoms with Gasteiger partial charge in [0, 0.05) is 38.3 Å². The molecule has 0 N–H and O–H groups in total. The molecule has 1 fully saturated rings. The predicted octanol–water partition coefficient (Wildman–Crippen LogP) is 4.71. The molecule has 1 amide bonds. The fraction of sp³-hybridized carbons (Fsp3) is 0.429. The molecule has 136 valence electrons. The summed E-state index contributed by atoms with van der Waals surface area (Å²) in [7, 11) is 2.07. The van der Waals surface area contributed by atoms with Gasteiger partial charge >= 0.3 is 0 Å². The van der Waals surface area contributed by atoms with Crippen LogP contribution in [0, 0.1) is 0 Å². The van der Waals surface area contributed by atoms with Gasteiger partial charge < -0.3 is 9.47 Å². The normalized spacial score (nSPS) is 18.2. The van der Waals surface area contributed by atoms with Gasteiger partial charge in [-0.3, -0.25) is 4.79 Å². The van der Waals surface area contributed by atoms with E-state index < -0.39 is 0 Å². The first-order valence-electron chi connectivity index (χ1n) is 9.47. The average Bonchev–Trinajstić information content (AvgIpc) is 3.18. The molecule has 1 aromatic carbocycles. The van der Waals surface area contributed by atoms with E-state index in [0.29, 0.717) is 6.42 Å². The fourth-order valence-electron chi connectivity index (χ4n) is 3.92. The van der Waals surface area contributed by atoms with Crippen molar-refractivity contribution in [2.45, 2.75) is 44.6 Å². The lowest BCUT2D eigenvalue weighted by Gasteiger charge is -2.30. The zero-order valence-corrected chi connectivity index (χ0v) is 16.0. The molecule has 1 aliphatic heterocycles. The molecule has 5 heteroatoms. The van der Waals surface area contributed by atoms with Gasteiger partial charge in [-0.1, -0.05) is 25.0 Å². The van der Waals surface area contributed by atoms with Gasteiger partial charge in [-0.25, -0.2) is 4.98 Å². The third-order valence-corrected chi connectivity index (χ3v) is 6.39. The number of carbonyl (C=O) groups is 1. The Kier molecular flexibility index (Phi) is 5.07. The molecular weight excluding hydrogens is 342 g/mol. The van der Waals surface area contributed by atoms with Crippen LogP contribution in [0.4, 0.5) is 0 Å². The number of likely N-dealkylation sites (tertiary alicyclic amines) is 1. The second-order valence-corrected chi connectivity index (χ2v) is 8.19. The third-order valence-electron chi connectivity index (χ3n) is 5.29. The van der Waals surface area contributed by atoms with Crippen molar-refractivity contribution in [1.82, 2.24) is 14.5 Å². The minimum Gasteiger partial charge on any atom is -0.353 e. The molecule has 1 unspecified atom stereocenters. The van der Waals surface area contributed by atoms with Crippen LogP contribution in [-0.4, -0.2) is 26.9 Å². The lowest BCUT2D eigenvalue weighted by Crippen LogP contribution is -2.35. The van der Waals surface area contributed by atoms with Gasteiger partial charge in [0.2, 0.25) is 5.91 Å². The Balaban J connectivity index is 1.48. The van der Waals surface area contributed by atoms with Crippen LogP contribution in [0.15, 0.2) is 42.6 Å². The summed E-state index contributed by atoms with van der Waals surface area (Å²) in [5.41, 5.74) is 2.29. The SMILES string of the molecule is Cn1cccc1C1CCCCCN1C(=O)CCc1nc2ccccc2s1. The molecule has 0 radical (unpaired) electrons. The van der Waals surface area contributed by atoms with Crippen LogP contribution in [0.25, 0.3) is 10.2 Å². The van der Waals surface area contributed by atoms with Crippen LogP contribution in [0.3, 0.4) is 0 Å². The predicted molar refractivity (Wildman–Crippen MR) is 106 cm³/mol. The highest BCUT2D eigenvalue weighted by Crippen LogP contribution is 2.31. The first kappa shape index (κ1) is 17.3. The topological polar surface area (TPSA) is 38.1 Å². The molecular formula is C21H25N3OS. The maximum atomic E-state index is 13.0. The molecule has 26 heavy (non-hydrogen) atoms. The maximum Gasteiger partial charge on any atom is 0.223 e. The Labute approximate surface area is 158 Å². The third kappa shape index (κ3) is 3.54. The van der Waals surface area contributed by atoms with Crippen LogP contribution in [-0.2, 0) is 18.3 Å². The number of fused-ring (bicyclic) bond motifs is 1. The summed E-state index contributed by atoms with van der Waals surface area (Å²) in [6.45, 7) is 0.870. The summed E-state index contributed by atoms with van der Waals surface area (Å²) >= 11 is 1.71. The van der Waals surface area contributed by atoms with E-state index in [0.717, 1.165) is 36.3 Å². The first-order valence-corrected chi connectivity index (χ1v) is 10.3. The van der Waals surface area contributed by atoms with Crippen LogP contribution in [0.5, 0.6) is 0 Å². The van der Waals surface area contributed by atoms with E-state index in [9.17, 15) is 4.79 Å².